The van der Waals surface area contributed by atoms with Crippen LogP contribution in [0.5, 0.6) is 0 Å². The molecule has 1 aromatic carbocycles. The minimum Gasteiger partial charge on any atom is -0.316 e. The first-order valence-electron chi connectivity index (χ1n) is 7.67. The van der Waals surface area contributed by atoms with Gasteiger partial charge in [0.1, 0.15) is 0 Å². The molecule has 2 heteroatoms. The van der Waals surface area contributed by atoms with Gasteiger partial charge in [0.25, 0.3) is 0 Å². The van der Waals surface area contributed by atoms with Crippen molar-refractivity contribution in [3.8, 4) is 0 Å². The summed E-state index contributed by atoms with van der Waals surface area (Å²) >= 11 is 0. The summed E-state index contributed by atoms with van der Waals surface area (Å²) in [4.78, 5) is 11.4. The normalized spacial score (nSPS) is 17.8. The lowest BCUT2D eigenvalue weighted by Crippen LogP contribution is -2.23. The van der Waals surface area contributed by atoms with Gasteiger partial charge in [-0.15, -0.1) is 0 Å². The van der Waals surface area contributed by atoms with E-state index in [2.05, 4.69) is 35.7 Å². The van der Waals surface area contributed by atoms with Gasteiger partial charge in [0.15, 0.2) is 5.78 Å². The molecule has 3 rings (SSSR count). The molecule has 21 heavy (non-hydrogen) atoms. The lowest BCUT2D eigenvalue weighted by molar-refractivity contribution is 0.101. The molecular formula is C19H21NO. The number of carbonyl (C=O) groups is 1. The van der Waals surface area contributed by atoms with Crippen LogP contribution < -0.4 is 5.32 Å². The van der Waals surface area contributed by atoms with E-state index in [1.54, 1.807) is 6.92 Å². The van der Waals surface area contributed by atoms with E-state index >= 15 is 0 Å². The van der Waals surface area contributed by atoms with Gasteiger partial charge in [0.2, 0.25) is 0 Å². The van der Waals surface area contributed by atoms with Crippen molar-refractivity contribution in [2.75, 3.05) is 13.1 Å². The molecule has 0 atom stereocenters. The molecule has 108 valence electrons. The van der Waals surface area contributed by atoms with E-state index in [4.69, 9.17) is 0 Å². The number of carbonyl (C=O) groups excluding carboxylic acids is 1. The van der Waals surface area contributed by atoms with Crippen molar-refractivity contribution in [3.63, 3.8) is 0 Å². The summed E-state index contributed by atoms with van der Waals surface area (Å²) < 4.78 is 0. The van der Waals surface area contributed by atoms with E-state index in [0.717, 1.165) is 37.9 Å². The van der Waals surface area contributed by atoms with E-state index in [1.165, 1.54) is 22.3 Å². The van der Waals surface area contributed by atoms with Crippen LogP contribution in [-0.4, -0.2) is 18.9 Å². The van der Waals surface area contributed by atoms with Gasteiger partial charge in [-0.1, -0.05) is 48.1 Å². The van der Waals surface area contributed by atoms with E-state index in [-0.39, 0.29) is 5.78 Å². The molecule has 0 saturated carbocycles. The van der Waals surface area contributed by atoms with Gasteiger partial charge in [-0.05, 0) is 56.0 Å². The van der Waals surface area contributed by atoms with Crippen LogP contribution in [0.3, 0.4) is 0 Å². The van der Waals surface area contributed by atoms with E-state index < -0.39 is 0 Å². The number of rotatable bonds is 3. The molecule has 1 saturated heterocycles. The van der Waals surface area contributed by atoms with Crippen LogP contribution in [-0.2, 0) is 0 Å². The Hall–Kier alpha value is -1.93. The monoisotopic (exact) mass is 279 g/mol. The summed E-state index contributed by atoms with van der Waals surface area (Å²) in [5.74, 6) is 0.123. The first kappa shape index (κ1) is 14.0. The second kappa shape index (κ2) is 6.23. The average Bonchev–Trinajstić information content (AvgIpc) is 3.03. The SMILES string of the molecule is CC(=O)c1ccc(C(C2=CCC=C2)=C2CCNCC2)cc1. The van der Waals surface area contributed by atoms with Crippen LogP contribution >= 0.6 is 0 Å². The number of nitrogens with one attached hydrogen (secondary N) is 1. The van der Waals surface area contributed by atoms with Gasteiger partial charge in [-0.2, -0.15) is 0 Å². The highest BCUT2D eigenvalue weighted by Gasteiger charge is 2.16. The maximum atomic E-state index is 11.4. The molecule has 1 fully saturated rings. The molecule has 1 heterocycles. The van der Waals surface area contributed by atoms with Crippen LogP contribution in [0.15, 0.2) is 53.6 Å². The van der Waals surface area contributed by atoms with Crippen LogP contribution in [0, 0.1) is 0 Å². The standard InChI is InChI=1S/C19H21NO/c1-14(21)15-6-8-17(9-7-15)19(16-4-2-3-5-16)18-10-12-20-13-11-18/h2,4-9,20H,3,10-13H2,1H3. The van der Waals surface area contributed by atoms with E-state index in [1.807, 2.05) is 12.1 Å². The maximum Gasteiger partial charge on any atom is 0.159 e. The van der Waals surface area contributed by atoms with Crippen LogP contribution in [0.2, 0.25) is 0 Å². The molecule has 0 bridgehead atoms. The Balaban J connectivity index is 2.02. The zero-order chi connectivity index (χ0) is 14.7. The zero-order valence-electron chi connectivity index (χ0n) is 12.5. The van der Waals surface area contributed by atoms with Crippen LogP contribution in [0.25, 0.3) is 5.57 Å². The predicted molar refractivity (Wildman–Crippen MR) is 87.3 cm³/mol. The molecule has 0 amide bonds. The Bertz CT molecular complexity index is 624. The van der Waals surface area contributed by atoms with Crippen molar-refractivity contribution < 1.29 is 4.79 Å². The number of Topliss-reactive ketones (excluding diaryl/α,β-unsaturated/α-hetero) is 1. The quantitative estimate of drug-likeness (QED) is 0.850. The molecule has 2 nitrogen and oxygen atoms in total. The number of piperidine rings is 1. The predicted octanol–water partition coefficient (Wildman–Crippen LogP) is 3.91. The first-order valence-corrected chi connectivity index (χ1v) is 7.67. The van der Waals surface area contributed by atoms with Crippen molar-refractivity contribution in [1.29, 1.82) is 0 Å². The fourth-order valence-corrected chi connectivity index (χ4v) is 3.07. The van der Waals surface area contributed by atoms with Crippen molar-refractivity contribution in [1.82, 2.24) is 5.32 Å². The van der Waals surface area contributed by atoms with Gasteiger partial charge in [0, 0.05) is 5.56 Å². The summed E-state index contributed by atoms with van der Waals surface area (Å²) in [6.07, 6.45) is 9.97. The Labute approximate surface area is 126 Å². The molecular weight excluding hydrogens is 258 g/mol. The van der Waals surface area contributed by atoms with Gasteiger partial charge < -0.3 is 5.32 Å². The fraction of sp³-hybridized carbons (Fsp3) is 0.316. The van der Waals surface area contributed by atoms with Crippen LogP contribution in [0.1, 0.15) is 42.1 Å². The van der Waals surface area contributed by atoms with E-state index in [9.17, 15) is 4.79 Å². The Morgan fingerprint density at radius 3 is 2.29 bits per heavy atom. The molecule has 2 aliphatic rings. The minimum absolute atomic E-state index is 0.123. The number of hydrogen-bond donors (Lipinski definition) is 1. The van der Waals surface area contributed by atoms with Gasteiger partial charge in [0.05, 0.1) is 0 Å². The first-order chi connectivity index (χ1) is 10.3. The fourth-order valence-electron chi connectivity index (χ4n) is 3.07. The highest BCUT2D eigenvalue weighted by Crippen LogP contribution is 2.34. The highest BCUT2D eigenvalue weighted by atomic mass is 16.1. The van der Waals surface area contributed by atoms with Crippen molar-refractivity contribution in [2.45, 2.75) is 26.2 Å². The zero-order valence-corrected chi connectivity index (χ0v) is 12.5. The summed E-state index contributed by atoms with van der Waals surface area (Å²) in [6, 6.07) is 8.07. The topological polar surface area (TPSA) is 29.1 Å². The minimum atomic E-state index is 0.123. The third kappa shape index (κ3) is 3.06. The second-order valence-corrected chi connectivity index (χ2v) is 5.66. The molecule has 1 aromatic rings. The lowest BCUT2D eigenvalue weighted by Gasteiger charge is -2.21. The summed E-state index contributed by atoms with van der Waals surface area (Å²) in [6.45, 7) is 3.73. The van der Waals surface area contributed by atoms with Gasteiger partial charge in [-0.3, -0.25) is 4.79 Å². The molecule has 1 aliphatic heterocycles. The van der Waals surface area contributed by atoms with Crippen molar-refractivity contribution in [3.05, 3.63) is 64.8 Å². The Kier molecular flexibility index (Phi) is 4.16. The Morgan fingerprint density at radius 1 is 1.05 bits per heavy atom. The second-order valence-electron chi connectivity index (χ2n) is 5.66. The number of hydrogen-bond acceptors (Lipinski definition) is 2. The van der Waals surface area contributed by atoms with Crippen molar-refractivity contribution >= 4 is 11.4 Å². The molecule has 0 spiro atoms. The third-order valence-corrected chi connectivity index (χ3v) is 4.20. The smallest absolute Gasteiger partial charge is 0.159 e. The summed E-state index contributed by atoms with van der Waals surface area (Å²) in [5.41, 5.74) is 6.25. The molecule has 0 radical (unpaired) electrons. The van der Waals surface area contributed by atoms with Gasteiger partial charge >= 0.3 is 0 Å². The lowest BCUT2D eigenvalue weighted by atomic mass is 9.88. The van der Waals surface area contributed by atoms with Crippen LogP contribution in [0.4, 0.5) is 0 Å². The number of benzene rings is 1. The van der Waals surface area contributed by atoms with Gasteiger partial charge in [-0.25, -0.2) is 0 Å². The molecule has 0 unspecified atom stereocenters. The summed E-state index contributed by atoms with van der Waals surface area (Å²) in [5, 5.41) is 3.42. The molecule has 0 aromatic heterocycles. The van der Waals surface area contributed by atoms with Crippen molar-refractivity contribution in [2.24, 2.45) is 0 Å². The maximum absolute atomic E-state index is 11.4. The third-order valence-electron chi connectivity index (χ3n) is 4.20. The van der Waals surface area contributed by atoms with E-state index in [0.29, 0.717) is 0 Å². The number of ketones is 1. The average molecular weight is 279 g/mol. The highest BCUT2D eigenvalue weighted by molar-refractivity contribution is 5.95. The Morgan fingerprint density at radius 2 is 1.71 bits per heavy atom. The molecule has 1 aliphatic carbocycles. The molecule has 1 N–H and O–H groups in total. The largest absolute Gasteiger partial charge is 0.316 e. The summed E-state index contributed by atoms with van der Waals surface area (Å²) in [7, 11) is 0. The number of allylic oxidation sites excluding steroid dienone is 5.